The summed E-state index contributed by atoms with van der Waals surface area (Å²) in [5.74, 6) is 1.93. The van der Waals surface area contributed by atoms with Gasteiger partial charge in [0, 0.05) is 42.7 Å². The summed E-state index contributed by atoms with van der Waals surface area (Å²) in [4.78, 5) is 27.0. The van der Waals surface area contributed by atoms with Crippen LogP contribution < -0.4 is 11.1 Å². The van der Waals surface area contributed by atoms with Crippen molar-refractivity contribution in [2.75, 3.05) is 31.1 Å². The third kappa shape index (κ3) is 7.16. The average molecular weight is 774 g/mol. The van der Waals surface area contributed by atoms with Crippen LogP contribution in [0.4, 0.5) is 0 Å². The maximum atomic E-state index is 13.3. The molecule has 1 heterocycles. The Bertz CT molecular complexity index is 1560. The third-order valence-electron chi connectivity index (χ3n) is 17.7. The number of allylic oxidation sites excluding steroid dienone is 1. The molecule has 0 bridgehead atoms. The highest BCUT2D eigenvalue weighted by atomic mass is 32.2. The van der Waals surface area contributed by atoms with Crippen molar-refractivity contribution in [3.63, 3.8) is 0 Å². The van der Waals surface area contributed by atoms with Gasteiger partial charge < -0.3 is 20.9 Å². The molecule has 1 saturated heterocycles. The van der Waals surface area contributed by atoms with E-state index in [4.69, 9.17) is 10.5 Å². The zero-order valence-corrected chi connectivity index (χ0v) is 36.1. The molecule has 2 unspecified atom stereocenters. The fraction of sp³-hybridized carbons (Fsp3) is 0.909. The lowest BCUT2D eigenvalue weighted by Crippen LogP contribution is -2.69. The van der Waals surface area contributed by atoms with E-state index in [9.17, 15) is 23.1 Å². The molecule has 1 aliphatic heterocycles. The average Bonchev–Trinajstić information content (AvgIpc) is 3.42. The van der Waals surface area contributed by atoms with Crippen molar-refractivity contribution in [1.82, 2.24) is 10.2 Å². The molecule has 0 amide bonds. The van der Waals surface area contributed by atoms with Crippen LogP contribution in [0.1, 0.15) is 139 Å². The van der Waals surface area contributed by atoms with Crippen LogP contribution in [0.5, 0.6) is 0 Å². The van der Waals surface area contributed by atoms with E-state index in [1.807, 2.05) is 13.8 Å². The van der Waals surface area contributed by atoms with E-state index in [0.29, 0.717) is 42.7 Å². The van der Waals surface area contributed by atoms with Gasteiger partial charge in [-0.15, -0.1) is 0 Å². The molecule has 54 heavy (non-hydrogen) atoms. The van der Waals surface area contributed by atoms with Gasteiger partial charge in [0.2, 0.25) is 0 Å². The SMILES string of the molecule is C=C(C)[C@@H]1CC[C@]2(NCC(C(C)N)N3CCS(=O)(=O)CC3)CC[C@]3(C)[C@H](CC[C@@H]4[C@@]5(C)CC[C@H](OC(=O)CC(C)(C)CC(=O)O)C(C)(C)[C@@H]5CC[C@]43C)[C@@H]12. The van der Waals surface area contributed by atoms with Crippen molar-refractivity contribution in [3.8, 4) is 0 Å². The minimum absolute atomic E-state index is 0.0378. The third-order valence-corrected chi connectivity index (χ3v) is 19.3. The van der Waals surface area contributed by atoms with E-state index < -0.39 is 21.2 Å². The molecule has 4 N–H and O–H groups in total. The second-order valence-electron chi connectivity index (χ2n) is 21.6. The number of esters is 1. The molecule has 0 spiro atoms. The molecule has 0 aromatic carbocycles. The Morgan fingerprint density at radius 1 is 0.926 bits per heavy atom. The monoisotopic (exact) mass is 774 g/mol. The number of nitrogens with one attached hydrogen (secondary N) is 1. The van der Waals surface area contributed by atoms with Crippen molar-refractivity contribution < 1.29 is 27.9 Å². The number of nitrogens with two attached hydrogens (primary N) is 1. The summed E-state index contributed by atoms with van der Waals surface area (Å²) in [5, 5.41) is 13.6. The first-order valence-electron chi connectivity index (χ1n) is 21.4. The topological polar surface area (TPSA) is 139 Å². The van der Waals surface area contributed by atoms with E-state index >= 15 is 0 Å². The van der Waals surface area contributed by atoms with Gasteiger partial charge in [0.1, 0.15) is 6.10 Å². The summed E-state index contributed by atoms with van der Waals surface area (Å²) in [5.41, 5.74) is 7.74. The Morgan fingerprint density at radius 3 is 2.20 bits per heavy atom. The zero-order valence-electron chi connectivity index (χ0n) is 35.3. The van der Waals surface area contributed by atoms with Crippen LogP contribution in [0.3, 0.4) is 0 Å². The van der Waals surface area contributed by atoms with Crippen molar-refractivity contribution in [2.45, 2.75) is 163 Å². The lowest BCUT2D eigenvalue weighted by Gasteiger charge is -2.73. The molecule has 6 aliphatic rings. The molecular formula is C44H75N3O6S. The van der Waals surface area contributed by atoms with Crippen molar-refractivity contribution in [2.24, 2.45) is 62.4 Å². The predicted molar refractivity (Wildman–Crippen MR) is 215 cm³/mol. The van der Waals surface area contributed by atoms with Crippen molar-refractivity contribution >= 4 is 21.8 Å². The van der Waals surface area contributed by atoms with Crippen LogP contribution in [0, 0.1) is 56.7 Å². The first kappa shape index (κ1) is 42.1. The number of carboxylic acids is 1. The number of sulfone groups is 1. The van der Waals surface area contributed by atoms with Crippen LogP contribution in [0.15, 0.2) is 12.2 Å². The maximum Gasteiger partial charge on any atom is 0.306 e. The number of carboxylic acid groups (broad SMARTS) is 1. The second-order valence-corrected chi connectivity index (χ2v) is 23.9. The molecule has 308 valence electrons. The van der Waals surface area contributed by atoms with Gasteiger partial charge in [0.15, 0.2) is 9.84 Å². The van der Waals surface area contributed by atoms with Gasteiger partial charge in [-0.1, -0.05) is 60.6 Å². The number of rotatable bonds is 11. The number of aliphatic carboxylic acids is 1. The molecule has 9 nitrogen and oxygen atoms in total. The van der Waals surface area contributed by atoms with Gasteiger partial charge in [-0.3, -0.25) is 14.5 Å². The number of hydrogen-bond donors (Lipinski definition) is 3. The minimum atomic E-state index is -2.96. The van der Waals surface area contributed by atoms with Crippen LogP contribution >= 0.6 is 0 Å². The summed E-state index contributed by atoms with van der Waals surface area (Å²) in [7, 11) is -2.96. The maximum absolute atomic E-state index is 13.3. The fourth-order valence-electron chi connectivity index (χ4n) is 14.7. The molecule has 0 aromatic heterocycles. The van der Waals surface area contributed by atoms with Gasteiger partial charge in [-0.05, 0) is 129 Å². The minimum Gasteiger partial charge on any atom is -0.481 e. The fourth-order valence-corrected chi connectivity index (χ4v) is 15.9. The van der Waals surface area contributed by atoms with E-state index in [0.717, 1.165) is 38.6 Å². The number of hydrogen-bond acceptors (Lipinski definition) is 8. The van der Waals surface area contributed by atoms with E-state index in [2.05, 4.69) is 65.3 Å². The Morgan fingerprint density at radius 2 is 1.59 bits per heavy atom. The normalized spacial score (nSPS) is 42.7. The highest BCUT2D eigenvalue weighted by Gasteiger charge is 2.71. The van der Waals surface area contributed by atoms with Crippen molar-refractivity contribution in [1.29, 1.82) is 0 Å². The summed E-state index contributed by atoms with van der Waals surface area (Å²) in [6.45, 7) is 27.1. The van der Waals surface area contributed by atoms with Gasteiger partial charge >= 0.3 is 11.9 Å². The number of fused-ring (bicyclic) bond motifs is 7. The van der Waals surface area contributed by atoms with E-state index in [1.165, 1.54) is 37.7 Å². The van der Waals surface area contributed by atoms with Crippen molar-refractivity contribution in [3.05, 3.63) is 12.2 Å². The highest BCUT2D eigenvalue weighted by Crippen LogP contribution is 2.76. The largest absolute Gasteiger partial charge is 0.481 e. The molecule has 0 radical (unpaired) electrons. The van der Waals surface area contributed by atoms with Gasteiger partial charge in [0.25, 0.3) is 0 Å². The molecule has 0 aromatic rings. The molecule has 12 atom stereocenters. The molecule has 6 rings (SSSR count). The Balaban J connectivity index is 1.22. The summed E-state index contributed by atoms with van der Waals surface area (Å²) in [6, 6.07) is 0.0439. The first-order chi connectivity index (χ1) is 24.9. The lowest BCUT2D eigenvalue weighted by molar-refractivity contribution is -0.246. The number of ether oxygens (including phenoxy) is 1. The summed E-state index contributed by atoms with van der Waals surface area (Å²) >= 11 is 0. The molecule has 10 heteroatoms. The van der Waals surface area contributed by atoms with Gasteiger partial charge in [0.05, 0.1) is 24.3 Å². The number of carbonyl (C=O) groups is 2. The van der Waals surface area contributed by atoms with Gasteiger partial charge in [-0.2, -0.15) is 0 Å². The van der Waals surface area contributed by atoms with E-state index in [1.54, 1.807) is 0 Å². The number of carbonyl (C=O) groups excluding carboxylic acids is 1. The highest BCUT2D eigenvalue weighted by molar-refractivity contribution is 7.91. The van der Waals surface area contributed by atoms with Crippen LogP contribution in [0.25, 0.3) is 0 Å². The Hall–Kier alpha value is -1.49. The first-order valence-corrected chi connectivity index (χ1v) is 23.3. The summed E-state index contributed by atoms with van der Waals surface area (Å²) in [6.07, 6.45) is 11.3. The molecule has 5 saturated carbocycles. The van der Waals surface area contributed by atoms with E-state index in [-0.39, 0.29) is 75.7 Å². The second kappa shape index (κ2) is 14.4. The lowest BCUT2D eigenvalue weighted by atomic mass is 9.32. The quantitative estimate of drug-likeness (QED) is 0.147. The van der Waals surface area contributed by atoms with Crippen LogP contribution in [-0.2, 0) is 24.2 Å². The smallest absolute Gasteiger partial charge is 0.306 e. The van der Waals surface area contributed by atoms with Gasteiger partial charge in [-0.25, -0.2) is 8.42 Å². The zero-order chi connectivity index (χ0) is 39.9. The van der Waals surface area contributed by atoms with Crippen LogP contribution in [-0.4, -0.2) is 85.2 Å². The Kier molecular flexibility index (Phi) is 11.2. The Labute approximate surface area is 327 Å². The summed E-state index contributed by atoms with van der Waals surface area (Å²) < 4.78 is 30.8. The van der Waals surface area contributed by atoms with Crippen LogP contribution in [0.2, 0.25) is 0 Å². The molecule has 5 aliphatic carbocycles. The molecule has 6 fully saturated rings. The standard InChI is InChI=1S/C44H75N3O6S/c1-28(2)30-13-18-44(46-27-32(29(3)45)47-21-23-54(51,52)24-22-47)20-19-42(9)31(38(30)44)11-12-34-41(8)16-15-35(40(6,7)33(41)14-17-43(34,42)10)53-37(50)26-39(4,5)25-36(48)49/h29-35,38,46H,1,11-27,45H2,2-10H3,(H,48,49)/t29?,30-,31+,32?,33-,34+,35-,38+,41-,42+,43+,44-/m0/s1. The molecular weight excluding hydrogens is 699 g/mol. The number of nitrogens with zero attached hydrogens (tertiary/aromatic N) is 1. The predicted octanol–water partition coefficient (Wildman–Crippen LogP) is 7.24.